The van der Waals surface area contributed by atoms with E-state index in [1.54, 1.807) is 11.3 Å². The third-order valence-electron chi connectivity index (χ3n) is 2.12. The summed E-state index contributed by atoms with van der Waals surface area (Å²) in [7, 11) is 0. The van der Waals surface area contributed by atoms with Gasteiger partial charge in [0.05, 0.1) is 14.0 Å². The van der Waals surface area contributed by atoms with Crippen LogP contribution in [0.25, 0.3) is 0 Å². The molecule has 1 atom stereocenters. The molecule has 0 amide bonds. The molecule has 0 fully saturated rings. The van der Waals surface area contributed by atoms with Gasteiger partial charge in [-0.05, 0) is 34.9 Å². The molecule has 2 aromatic heterocycles. The number of hydrogen-bond acceptors (Lipinski definition) is 2. The van der Waals surface area contributed by atoms with Crippen LogP contribution in [0.5, 0.6) is 0 Å². The molecule has 5 heteroatoms. The van der Waals surface area contributed by atoms with Crippen molar-refractivity contribution in [2.45, 2.75) is 12.3 Å². The molecule has 0 aliphatic carbocycles. The highest BCUT2D eigenvalue weighted by Gasteiger charge is 2.19. The Bertz CT molecular complexity index is 473. The van der Waals surface area contributed by atoms with Gasteiger partial charge in [0.2, 0.25) is 0 Å². The van der Waals surface area contributed by atoms with Gasteiger partial charge < -0.3 is 0 Å². The summed E-state index contributed by atoms with van der Waals surface area (Å²) < 4.78 is 1.35. The fourth-order valence-electron chi connectivity index (χ4n) is 1.32. The number of halogens is 3. The predicted molar refractivity (Wildman–Crippen MR) is 71.1 cm³/mol. The van der Waals surface area contributed by atoms with E-state index in [-0.39, 0.29) is 5.38 Å². The standard InChI is InChI=1S/C10H7Cl3S2/c1-5-3-14-4-7(5)9(12)6-2-8(11)15-10(6)13/h2-4,9H,1H3. The van der Waals surface area contributed by atoms with Crippen molar-refractivity contribution in [3.05, 3.63) is 42.2 Å². The Hall–Kier alpha value is 0.270. The van der Waals surface area contributed by atoms with Gasteiger partial charge in [0.15, 0.2) is 0 Å². The summed E-state index contributed by atoms with van der Waals surface area (Å²) in [5.74, 6) is 0. The molecular formula is C10H7Cl3S2. The van der Waals surface area contributed by atoms with Crippen LogP contribution in [0.3, 0.4) is 0 Å². The second-order valence-corrected chi connectivity index (χ2v) is 6.62. The quantitative estimate of drug-likeness (QED) is 0.619. The number of alkyl halides is 1. The van der Waals surface area contributed by atoms with Crippen LogP contribution in [0.2, 0.25) is 8.67 Å². The molecule has 1 unspecified atom stereocenters. The summed E-state index contributed by atoms with van der Waals surface area (Å²) in [6.07, 6.45) is 0. The Kier molecular flexibility index (Phi) is 3.63. The minimum Gasteiger partial charge on any atom is -0.152 e. The molecule has 2 heterocycles. The molecule has 0 radical (unpaired) electrons. The maximum Gasteiger partial charge on any atom is 0.0994 e. The average Bonchev–Trinajstić information content (AvgIpc) is 2.71. The lowest BCUT2D eigenvalue weighted by molar-refractivity contribution is 1.14. The lowest BCUT2D eigenvalue weighted by Gasteiger charge is -2.07. The van der Waals surface area contributed by atoms with Crippen molar-refractivity contribution in [2.75, 3.05) is 0 Å². The minimum absolute atomic E-state index is 0.201. The monoisotopic (exact) mass is 296 g/mol. The zero-order chi connectivity index (χ0) is 11.0. The van der Waals surface area contributed by atoms with E-state index in [9.17, 15) is 0 Å². The van der Waals surface area contributed by atoms with Crippen LogP contribution in [0.1, 0.15) is 22.1 Å². The van der Waals surface area contributed by atoms with E-state index in [4.69, 9.17) is 34.8 Å². The minimum atomic E-state index is -0.201. The maximum absolute atomic E-state index is 6.37. The van der Waals surface area contributed by atoms with E-state index < -0.39 is 0 Å². The fraction of sp³-hybridized carbons (Fsp3) is 0.200. The number of thiophene rings is 2. The topological polar surface area (TPSA) is 0 Å². The van der Waals surface area contributed by atoms with Gasteiger partial charge in [0.25, 0.3) is 0 Å². The lowest BCUT2D eigenvalue weighted by Crippen LogP contribution is -1.91. The van der Waals surface area contributed by atoms with Crippen molar-refractivity contribution in [1.82, 2.24) is 0 Å². The highest BCUT2D eigenvalue weighted by molar-refractivity contribution is 7.20. The van der Waals surface area contributed by atoms with E-state index in [2.05, 4.69) is 10.8 Å². The van der Waals surface area contributed by atoms with Crippen LogP contribution in [0, 0.1) is 6.92 Å². The van der Waals surface area contributed by atoms with E-state index >= 15 is 0 Å². The van der Waals surface area contributed by atoms with E-state index in [1.165, 1.54) is 16.9 Å². The molecule has 80 valence electrons. The smallest absolute Gasteiger partial charge is 0.0994 e. The molecule has 0 saturated heterocycles. The third kappa shape index (κ3) is 2.34. The largest absolute Gasteiger partial charge is 0.152 e. The van der Waals surface area contributed by atoms with Gasteiger partial charge in [-0.15, -0.1) is 22.9 Å². The second-order valence-electron chi connectivity index (χ2n) is 3.15. The van der Waals surface area contributed by atoms with Crippen LogP contribution in [0.4, 0.5) is 0 Å². The average molecular weight is 298 g/mol. The molecule has 0 aromatic carbocycles. The Morgan fingerprint density at radius 2 is 1.93 bits per heavy atom. The Morgan fingerprint density at radius 1 is 1.20 bits per heavy atom. The molecule has 0 spiro atoms. The van der Waals surface area contributed by atoms with Crippen LogP contribution < -0.4 is 0 Å². The molecule has 0 aliphatic rings. The van der Waals surface area contributed by atoms with Crippen LogP contribution in [0.15, 0.2) is 16.8 Å². The van der Waals surface area contributed by atoms with Gasteiger partial charge in [0.1, 0.15) is 0 Å². The van der Waals surface area contributed by atoms with Crippen molar-refractivity contribution < 1.29 is 0 Å². The van der Waals surface area contributed by atoms with Crippen LogP contribution >= 0.6 is 57.5 Å². The van der Waals surface area contributed by atoms with Crippen LogP contribution in [-0.4, -0.2) is 0 Å². The van der Waals surface area contributed by atoms with Gasteiger partial charge in [-0.3, -0.25) is 0 Å². The van der Waals surface area contributed by atoms with Crippen molar-refractivity contribution in [2.24, 2.45) is 0 Å². The van der Waals surface area contributed by atoms with Crippen molar-refractivity contribution in [3.8, 4) is 0 Å². The van der Waals surface area contributed by atoms with Crippen LogP contribution in [-0.2, 0) is 0 Å². The van der Waals surface area contributed by atoms with Gasteiger partial charge in [-0.25, -0.2) is 0 Å². The maximum atomic E-state index is 6.37. The Balaban J connectivity index is 2.40. The molecule has 0 bridgehead atoms. The number of rotatable bonds is 2. The molecule has 0 saturated carbocycles. The number of hydrogen-bond donors (Lipinski definition) is 0. The summed E-state index contributed by atoms with van der Waals surface area (Å²) in [6.45, 7) is 2.04. The summed E-state index contributed by atoms with van der Waals surface area (Å²) in [4.78, 5) is 0. The molecule has 2 rings (SSSR count). The zero-order valence-electron chi connectivity index (χ0n) is 7.76. The van der Waals surface area contributed by atoms with Gasteiger partial charge >= 0.3 is 0 Å². The van der Waals surface area contributed by atoms with Crippen molar-refractivity contribution in [3.63, 3.8) is 0 Å². The predicted octanol–water partition coefficient (Wildman–Crippen LogP) is 5.75. The third-order valence-corrected chi connectivity index (χ3v) is 4.99. The van der Waals surface area contributed by atoms with E-state index in [0.29, 0.717) is 8.67 Å². The number of aryl methyl sites for hydroxylation is 1. The molecule has 15 heavy (non-hydrogen) atoms. The molecule has 0 N–H and O–H groups in total. The summed E-state index contributed by atoms with van der Waals surface area (Å²) in [6, 6.07) is 1.84. The second kappa shape index (κ2) is 4.64. The summed E-state index contributed by atoms with van der Waals surface area (Å²) in [5.41, 5.74) is 3.20. The zero-order valence-corrected chi connectivity index (χ0v) is 11.7. The summed E-state index contributed by atoms with van der Waals surface area (Å²) in [5, 5.41) is 3.93. The molecular weight excluding hydrogens is 291 g/mol. The Morgan fingerprint density at radius 3 is 2.40 bits per heavy atom. The normalized spacial score (nSPS) is 13.1. The summed E-state index contributed by atoms with van der Waals surface area (Å²) >= 11 is 21.3. The fourth-order valence-corrected chi connectivity index (χ4v) is 4.33. The first-order valence-corrected chi connectivity index (χ1v) is 7.16. The molecule has 0 aliphatic heterocycles. The first-order chi connectivity index (χ1) is 7.09. The van der Waals surface area contributed by atoms with Crippen molar-refractivity contribution >= 4 is 57.5 Å². The van der Waals surface area contributed by atoms with Gasteiger partial charge in [-0.1, -0.05) is 23.2 Å². The highest BCUT2D eigenvalue weighted by Crippen LogP contribution is 2.41. The van der Waals surface area contributed by atoms with Gasteiger partial charge in [0, 0.05) is 5.56 Å². The van der Waals surface area contributed by atoms with Gasteiger partial charge in [-0.2, -0.15) is 11.3 Å². The van der Waals surface area contributed by atoms with E-state index in [1.807, 2.05) is 13.0 Å². The van der Waals surface area contributed by atoms with Crippen molar-refractivity contribution in [1.29, 1.82) is 0 Å². The first kappa shape index (κ1) is 11.7. The Labute approximate surface area is 111 Å². The van der Waals surface area contributed by atoms with E-state index in [0.717, 1.165) is 11.1 Å². The lowest BCUT2D eigenvalue weighted by atomic mass is 10.1. The first-order valence-electron chi connectivity index (χ1n) is 4.21. The highest BCUT2D eigenvalue weighted by atomic mass is 35.5. The molecule has 2 aromatic rings. The molecule has 0 nitrogen and oxygen atoms in total. The SMILES string of the molecule is Cc1cscc1C(Cl)c1cc(Cl)sc1Cl.